The van der Waals surface area contributed by atoms with Gasteiger partial charge in [-0.05, 0) is 18.2 Å². The highest BCUT2D eigenvalue weighted by atomic mass is 16.5. The lowest BCUT2D eigenvalue weighted by molar-refractivity contribution is 0.0939. The Morgan fingerprint density at radius 2 is 2.17 bits per heavy atom. The molecule has 0 unspecified atom stereocenters. The van der Waals surface area contributed by atoms with Gasteiger partial charge < -0.3 is 14.8 Å². The van der Waals surface area contributed by atoms with E-state index < -0.39 is 5.91 Å². The summed E-state index contributed by atoms with van der Waals surface area (Å²) < 4.78 is 6.06. The Labute approximate surface area is 134 Å². The van der Waals surface area contributed by atoms with Crippen LogP contribution in [-0.4, -0.2) is 30.8 Å². The molecule has 0 atom stereocenters. The number of H-pyrrole nitrogens is 1. The maximum Gasteiger partial charge on any atom is 0.272 e. The second-order valence-electron chi connectivity index (χ2n) is 4.79. The molecule has 3 aromatic heterocycles. The first kappa shape index (κ1) is 15.3. The third kappa shape index (κ3) is 3.11. The molecule has 0 bridgehead atoms. The van der Waals surface area contributed by atoms with Crippen molar-refractivity contribution in [1.82, 2.24) is 30.2 Å². The summed E-state index contributed by atoms with van der Waals surface area (Å²) in [5.74, 6) is -0.240. The first-order valence-electron chi connectivity index (χ1n) is 6.88. The number of nitrogens with zero attached hydrogens (tertiary/aromatic N) is 4. The molecule has 0 fully saturated rings. The fourth-order valence-electron chi connectivity index (χ4n) is 1.90. The molecule has 0 aliphatic heterocycles. The number of aromatic nitrogens is 5. The van der Waals surface area contributed by atoms with Gasteiger partial charge in [0.1, 0.15) is 5.69 Å². The number of nitrogens with one attached hydrogen (secondary N) is 2. The normalized spacial score (nSPS) is 10.5. The van der Waals surface area contributed by atoms with Crippen molar-refractivity contribution in [3.8, 4) is 11.4 Å². The van der Waals surface area contributed by atoms with Gasteiger partial charge in [-0.3, -0.25) is 14.4 Å². The van der Waals surface area contributed by atoms with Crippen LogP contribution in [0.25, 0.3) is 11.4 Å². The van der Waals surface area contributed by atoms with E-state index in [1.165, 1.54) is 25.4 Å². The average molecular weight is 328 g/mol. The molecule has 3 rings (SSSR count). The van der Waals surface area contributed by atoms with E-state index in [9.17, 15) is 14.4 Å². The molecule has 2 N–H and O–H groups in total. The number of hydrogen-bond donors (Lipinski definition) is 2. The molecule has 0 aromatic carbocycles. The summed E-state index contributed by atoms with van der Waals surface area (Å²) in [4.78, 5) is 41.4. The van der Waals surface area contributed by atoms with Gasteiger partial charge in [-0.1, -0.05) is 5.16 Å². The van der Waals surface area contributed by atoms with E-state index in [-0.39, 0.29) is 40.6 Å². The van der Waals surface area contributed by atoms with E-state index in [1.54, 1.807) is 12.1 Å². The van der Waals surface area contributed by atoms with E-state index in [0.717, 1.165) is 4.68 Å². The molecule has 3 aromatic rings. The summed E-state index contributed by atoms with van der Waals surface area (Å²) >= 11 is 0. The zero-order valence-electron chi connectivity index (χ0n) is 12.5. The molecule has 0 saturated heterocycles. The molecule has 0 aliphatic carbocycles. The van der Waals surface area contributed by atoms with E-state index in [1.807, 2.05) is 0 Å². The lowest BCUT2D eigenvalue weighted by Gasteiger charge is -2.02. The van der Waals surface area contributed by atoms with Crippen LogP contribution < -0.4 is 16.4 Å². The minimum atomic E-state index is -0.497. The van der Waals surface area contributed by atoms with Crippen molar-refractivity contribution in [2.45, 2.75) is 6.54 Å². The molecule has 0 spiro atoms. The molecular formula is C14H12N6O4. The highest BCUT2D eigenvalue weighted by Gasteiger charge is 2.13. The summed E-state index contributed by atoms with van der Waals surface area (Å²) in [5.41, 5.74) is -0.320. The SMILES string of the molecule is Cn1nc(C(=O)NCc2nc(-c3ccc[nH]c3=O)no2)ccc1=O. The Kier molecular flexibility index (Phi) is 4.01. The number of carbonyl (C=O) groups excluding carboxylic acids is 1. The molecule has 0 aliphatic rings. The van der Waals surface area contributed by atoms with Crippen LogP contribution in [0.3, 0.4) is 0 Å². The lowest BCUT2D eigenvalue weighted by Crippen LogP contribution is -2.28. The van der Waals surface area contributed by atoms with Crippen molar-refractivity contribution in [1.29, 1.82) is 0 Å². The largest absolute Gasteiger partial charge is 0.342 e. The van der Waals surface area contributed by atoms with Crippen molar-refractivity contribution in [3.63, 3.8) is 0 Å². The zero-order valence-corrected chi connectivity index (χ0v) is 12.5. The summed E-state index contributed by atoms with van der Waals surface area (Å²) in [6.07, 6.45) is 1.49. The number of pyridine rings is 1. The first-order chi connectivity index (χ1) is 11.5. The molecule has 1 amide bonds. The van der Waals surface area contributed by atoms with Crippen LogP contribution in [-0.2, 0) is 13.6 Å². The Morgan fingerprint density at radius 3 is 2.92 bits per heavy atom. The Bertz CT molecular complexity index is 1000. The predicted molar refractivity (Wildman–Crippen MR) is 81.0 cm³/mol. The molecule has 0 saturated carbocycles. The van der Waals surface area contributed by atoms with Gasteiger partial charge in [0.2, 0.25) is 11.7 Å². The maximum absolute atomic E-state index is 12.0. The smallest absolute Gasteiger partial charge is 0.272 e. The van der Waals surface area contributed by atoms with Crippen LogP contribution in [0.15, 0.2) is 44.6 Å². The van der Waals surface area contributed by atoms with Crippen LogP contribution in [0.5, 0.6) is 0 Å². The van der Waals surface area contributed by atoms with Crippen molar-refractivity contribution in [2.24, 2.45) is 7.05 Å². The average Bonchev–Trinajstić information content (AvgIpc) is 3.04. The van der Waals surface area contributed by atoms with Gasteiger partial charge in [0.05, 0.1) is 12.1 Å². The Hall–Kier alpha value is -3.56. The Balaban J connectivity index is 1.70. The second kappa shape index (κ2) is 6.28. The van der Waals surface area contributed by atoms with Crippen molar-refractivity contribution in [3.05, 3.63) is 62.8 Å². The molecule has 122 valence electrons. The highest BCUT2D eigenvalue weighted by molar-refractivity contribution is 5.91. The molecule has 24 heavy (non-hydrogen) atoms. The van der Waals surface area contributed by atoms with E-state index >= 15 is 0 Å². The van der Waals surface area contributed by atoms with Gasteiger partial charge >= 0.3 is 0 Å². The zero-order chi connectivity index (χ0) is 17.1. The summed E-state index contributed by atoms with van der Waals surface area (Å²) in [6.45, 7) is -0.0406. The van der Waals surface area contributed by atoms with Gasteiger partial charge in [0.25, 0.3) is 17.0 Å². The van der Waals surface area contributed by atoms with Crippen LogP contribution >= 0.6 is 0 Å². The third-order valence-electron chi connectivity index (χ3n) is 3.12. The van der Waals surface area contributed by atoms with Crippen molar-refractivity contribution >= 4 is 5.91 Å². The monoisotopic (exact) mass is 328 g/mol. The van der Waals surface area contributed by atoms with Crippen LogP contribution in [0.2, 0.25) is 0 Å². The van der Waals surface area contributed by atoms with E-state index in [4.69, 9.17) is 4.52 Å². The van der Waals surface area contributed by atoms with E-state index in [0.29, 0.717) is 0 Å². The van der Waals surface area contributed by atoms with Gasteiger partial charge in [-0.25, -0.2) is 4.68 Å². The fourth-order valence-corrected chi connectivity index (χ4v) is 1.90. The van der Waals surface area contributed by atoms with Crippen LogP contribution in [0.1, 0.15) is 16.4 Å². The number of carbonyl (C=O) groups is 1. The van der Waals surface area contributed by atoms with Crippen molar-refractivity contribution in [2.75, 3.05) is 0 Å². The fraction of sp³-hybridized carbons (Fsp3) is 0.143. The molecule has 10 nitrogen and oxygen atoms in total. The van der Waals surface area contributed by atoms with E-state index in [2.05, 4.69) is 25.5 Å². The van der Waals surface area contributed by atoms with Gasteiger partial charge in [0.15, 0.2) is 0 Å². The number of rotatable bonds is 4. The topological polar surface area (TPSA) is 136 Å². The summed E-state index contributed by atoms with van der Waals surface area (Å²) in [5, 5.41) is 10.1. The van der Waals surface area contributed by atoms with Crippen LogP contribution in [0.4, 0.5) is 0 Å². The maximum atomic E-state index is 12.0. The lowest BCUT2D eigenvalue weighted by atomic mass is 10.3. The number of amides is 1. The molecule has 10 heteroatoms. The molecular weight excluding hydrogens is 316 g/mol. The number of aromatic amines is 1. The van der Waals surface area contributed by atoms with Crippen LogP contribution in [0, 0.1) is 0 Å². The van der Waals surface area contributed by atoms with Crippen molar-refractivity contribution < 1.29 is 9.32 Å². The predicted octanol–water partition coefficient (Wildman–Crippen LogP) is -0.551. The minimum absolute atomic E-state index is 0.0406. The van der Waals surface area contributed by atoms with Gasteiger partial charge in [0, 0.05) is 19.3 Å². The minimum Gasteiger partial charge on any atom is -0.342 e. The standard InChI is InChI=1S/C14H12N6O4/c1-20-11(21)5-4-9(18-20)14(23)16-7-10-17-12(19-24-10)8-3-2-6-15-13(8)22/h2-6H,7H2,1H3,(H,15,22)(H,16,23). The first-order valence-corrected chi connectivity index (χ1v) is 6.88. The number of aryl methyl sites for hydroxylation is 1. The Morgan fingerprint density at radius 1 is 1.33 bits per heavy atom. The highest BCUT2D eigenvalue weighted by Crippen LogP contribution is 2.10. The summed E-state index contributed by atoms with van der Waals surface area (Å²) in [7, 11) is 1.45. The van der Waals surface area contributed by atoms with Gasteiger partial charge in [-0.15, -0.1) is 0 Å². The third-order valence-corrected chi connectivity index (χ3v) is 3.12. The molecule has 0 radical (unpaired) electrons. The van der Waals surface area contributed by atoms with Gasteiger partial charge in [-0.2, -0.15) is 10.1 Å². The quantitative estimate of drug-likeness (QED) is 0.655. The molecule has 3 heterocycles. The summed E-state index contributed by atoms with van der Waals surface area (Å²) in [6, 6.07) is 5.76. The second-order valence-corrected chi connectivity index (χ2v) is 4.79. The number of hydrogen-bond acceptors (Lipinski definition) is 7.